The summed E-state index contributed by atoms with van der Waals surface area (Å²) in [5.74, 6) is 0.519. The van der Waals surface area contributed by atoms with Crippen LogP contribution in [0.25, 0.3) is 0 Å². The molecule has 1 amide bonds. The Morgan fingerprint density at radius 1 is 1.25 bits per heavy atom. The zero-order valence-corrected chi connectivity index (χ0v) is 13.9. The second kappa shape index (κ2) is 6.36. The largest absolute Gasteiger partial charge is 0.376 e. The van der Waals surface area contributed by atoms with Crippen LogP contribution in [-0.2, 0) is 24.8 Å². The van der Waals surface area contributed by atoms with Crippen LogP contribution in [0.2, 0.25) is 0 Å². The molecule has 4 heterocycles. The van der Waals surface area contributed by atoms with Gasteiger partial charge in [0.1, 0.15) is 0 Å². The number of amides is 1. The molecule has 6 heteroatoms. The summed E-state index contributed by atoms with van der Waals surface area (Å²) in [5.41, 5.74) is 4.49. The molecule has 2 aromatic rings. The minimum atomic E-state index is 0.0993. The summed E-state index contributed by atoms with van der Waals surface area (Å²) in [5, 5.41) is 4.77. The van der Waals surface area contributed by atoms with Gasteiger partial charge in [-0.1, -0.05) is 0 Å². The van der Waals surface area contributed by atoms with E-state index in [4.69, 9.17) is 9.84 Å². The molecule has 0 aromatic carbocycles. The van der Waals surface area contributed by atoms with Crippen molar-refractivity contribution in [1.82, 2.24) is 19.7 Å². The summed E-state index contributed by atoms with van der Waals surface area (Å²) in [7, 11) is 2.02. The fraction of sp³-hybridized carbons (Fsp3) is 0.500. The first kappa shape index (κ1) is 15.3. The van der Waals surface area contributed by atoms with Crippen molar-refractivity contribution in [2.24, 2.45) is 7.05 Å². The molecule has 2 aliphatic rings. The summed E-state index contributed by atoms with van der Waals surface area (Å²) in [6, 6.07) is 3.56. The van der Waals surface area contributed by atoms with E-state index in [9.17, 15) is 4.79 Å². The van der Waals surface area contributed by atoms with E-state index in [2.05, 4.69) is 4.98 Å². The fourth-order valence-corrected chi connectivity index (χ4v) is 3.80. The Morgan fingerprint density at radius 2 is 2.00 bits per heavy atom. The van der Waals surface area contributed by atoms with Crippen molar-refractivity contribution in [3.05, 3.63) is 47.0 Å². The quantitative estimate of drug-likeness (QED) is 0.846. The number of ether oxygens (including phenoxy) is 1. The topological polar surface area (TPSA) is 60.2 Å². The fourth-order valence-electron chi connectivity index (χ4n) is 3.80. The maximum Gasteiger partial charge on any atom is 0.253 e. The van der Waals surface area contributed by atoms with Crippen molar-refractivity contribution in [3.63, 3.8) is 0 Å². The Labute approximate surface area is 141 Å². The van der Waals surface area contributed by atoms with E-state index in [1.165, 1.54) is 17.0 Å². The van der Waals surface area contributed by atoms with Crippen LogP contribution in [0.1, 0.15) is 46.1 Å². The summed E-state index contributed by atoms with van der Waals surface area (Å²) >= 11 is 0. The highest BCUT2D eigenvalue weighted by molar-refractivity contribution is 5.94. The third-order valence-corrected chi connectivity index (χ3v) is 5.13. The number of nitrogens with zero attached hydrogens (tertiary/aromatic N) is 4. The average molecular weight is 326 g/mol. The summed E-state index contributed by atoms with van der Waals surface area (Å²) in [6.07, 6.45) is 6.19. The predicted molar refractivity (Wildman–Crippen MR) is 88.7 cm³/mol. The number of rotatable bonds is 2. The molecular weight excluding hydrogens is 304 g/mol. The normalized spacial score (nSPS) is 18.5. The van der Waals surface area contributed by atoms with Crippen LogP contribution in [0, 0.1) is 0 Å². The molecule has 0 N–H and O–H groups in total. The number of piperidine rings is 1. The van der Waals surface area contributed by atoms with E-state index < -0.39 is 0 Å². The Hall–Kier alpha value is -2.21. The molecule has 0 bridgehead atoms. The number of pyridine rings is 1. The first-order chi connectivity index (χ1) is 11.7. The summed E-state index contributed by atoms with van der Waals surface area (Å²) < 4.78 is 7.65. The van der Waals surface area contributed by atoms with Crippen molar-refractivity contribution >= 4 is 5.91 Å². The minimum Gasteiger partial charge on any atom is -0.376 e. The van der Waals surface area contributed by atoms with E-state index in [-0.39, 0.29) is 5.91 Å². The van der Waals surface area contributed by atoms with Crippen molar-refractivity contribution < 1.29 is 9.53 Å². The Morgan fingerprint density at radius 3 is 2.75 bits per heavy atom. The lowest BCUT2D eigenvalue weighted by atomic mass is 9.90. The average Bonchev–Trinajstić information content (AvgIpc) is 2.99. The van der Waals surface area contributed by atoms with E-state index >= 15 is 0 Å². The molecule has 0 aliphatic carbocycles. The van der Waals surface area contributed by atoms with Crippen LogP contribution in [-0.4, -0.2) is 45.3 Å². The molecule has 0 radical (unpaired) electrons. The lowest BCUT2D eigenvalue weighted by Crippen LogP contribution is -2.38. The van der Waals surface area contributed by atoms with Gasteiger partial charge in [-0.25, -0.2) is 0 Å². The van der Waals surface area contributed by atoms with E-state index in [0.29, 0.717) is 18.1 Å². The SMILES string of the molecule is Cn1nc(C2CCN(C(=O)c3ccncc3)CC2)c2c1CCOC2. The number of carbonyl (C=O) groups is 1. The third-order valence-electron chi connectivity index (χ3n) is 5.13. The van der Waals surface area contributed by atoms with Gasteiger partial charge < -0.3 is 9.64 Å². The number of likely N-dealkylation sites (tertiary alicyclic amines) is 1. The molecule has 0 spiro atoms. The van der Waals surface area contributed by atoms with Crippen LogP contribution >= 0.6 is 0 Å². The molecule has 0 saturated carbocycles. The van der Waals surface area contributed by atoms with Gasteiger partial charge in [0.25, 0.3) is 5.91 Å². The molecule has 1 saturated heterocycles. The van der Waals surface area contributed by atoms with Gasteiger partial charge in [-0.3, -0.25) is 14.5 Å². The molecule has 2 aliphatic heterocycles. The van der Waals surface area contributed by atoms with E-state index in [1.54, 1.807) is 24.5 Å². The highest BCUT2D eigenvalue weighted by Crippen LogP contribution is 2.33. The number of fused-ring (bicyclic) bond motifs is 1. The molecule has 6 nitrogen and oxygen atoms in total. The maximum atomic E-state index is 12.5. The van der Waals surface area contributed by atoms with Crippen molar-refractivity contribution in [2.45, 2.75) is 31.8 Å². The van der Waals surface area contributed by atoms with Crippen molar-refractivity contribution in [1.29, 1.82) is 0 Å². The Bertz CT molecular complexity index is 733. The summed E-state index contributed by atoms with van der Waals surface area (Å²) in [4.78, 5) is 18.5. The van der Waals surface area contributed by atoms with Crippen molar-refractivity contribution in [2.75, 3.05) is 19.7 Å². The highest BCUT2D eigenvalue weighted by Gasteiger charge is 2.30. The predicted octanol–water partition coefficient (Wildman–Crippen LogP) is 1.91. The first-order valence-electron chi connectivity index (χ1n) is 8.55. The van der Waals surface area contributed by atoms with Gasteiger partial charge in [-0.2, -0.15) is 5.10 Å². The number of aryl methyl sites for hydroxylation is 1. The zero-order chi connectivity index (χ0) is 16.5. The lowest BCUT2D eigenvalue weighted by Gasteiger charge is -2.32. The number of hydrogen-bond donors (Lipinski definition) is 0. The molecule has 4 rings (SSSR count). The molecule has 0 atom stereocenters. The molecule has 126 valence electrons. The molecule has 1 fully saturated rings. The second-order valence-corrected chi connectivity index (χ2v) is 6.54. The van der Waals surface area contributed by atoms with Crippen LogP contribution < -0.4 is 0 Å². The highest BCUT2D eigenvalue weighted by atomic mass is 16.5. The van der Waals surface area contributed by atoms with Gasteiger partial charge in [-0.05, 0) is 25.0 Å². The van der Waals surface area contributed by atoms with Gasteiger partial charge in [0.2, 0.25) is 0 Å². The molecule has 0 unspecified atom stereocenters. The second-order valence-electron chi connectivity index (χ2n) is 6.54. The lowest BCUT2D eigenvalue weighted by molar-refractivity contribution is 0.0710. The molecule has 2 aromatic heterocycles. The monoisotopic (exact) mass is 326 g/mol. The van der Waals surface area contributed by atoms with Crippen LogP contribution in [0.15, 0.2) is 24.5 Å². The number of carbonyl (C=O) groups excluding carboxylic acids is 1. The summed E-state index contributed by atoms with van der Waals surface area (Å²) in [6.45, 7) is 3.01. The minimum absolute atomic E-state index is 0.0993. The van der Waals surface area contributed by atoms with Gasteiger partial charge in [0.05, 0.1) is 18.9 Å². The third kappa shape index (κ3) is 2.71. The maximum absolute atomic E-state index is 12.5. The van der Waals surface area contributed by atoms with Gasteiger partial charge >= 0.3 is 0 Å². The standard InChI is InChI=1S/C18H22N4O2/c1-21-16-6-11-24-12-15(16)17(20-21)13-4-9-22(10-5-13)18(23)14-2-7-19-8-3-14/h2-3,7-8,13H,4-6,9-12H2,1H3. The number of hydrogen-bond acceptors (Lipinski definition) is 4. The molecule has 24 heavy (non-hydrogen) atoms. The van der Waals surface area contributed by atoms with E-state index in [1.807, 2.05) is 16.6 Å². The van der Waals surface area contributed by atoms with Gasteiger partial charge in [0, 0.05) is 61.7 Å². The first-order valence-corrected chi connectivity index (χ1v) is 8.55. The number of aromatic nitrogens is 3. The van der Waals surface area contributed by atoms with Gasteiger partial charge in [-0.15, -0.1) is 0 Å². The van der Waals surface area contributed by atoms with Crippen molar-refractivity contribution in [3.8, 4) is 0 Å². The van der Waals surface area contributed by atoms with E-state index in [0.717, 1.165) is 39.0 Å². The zero-order valence-electron chi connectivity index (χ0n) is 13.9. The Kier molecular flexibility index (Phi) is 4.06. The Balaban J connectivity index is 1.46. The van der Waals surface area contributed by atoms with Crippen LogP contribution in [0.5, 0.6) is 0 Å². The van der Waals surface area contributed by atoms with Gasteiger partial charge in [0.15, 0.2) is 0 Å². The molecular formula is C18H22N4O2. The van der Waals surface area contributed by atoms with Crippen LogP contribution in [0.3, 0.4) is 0 Å². The van der Waals surface area contributed by atoms with Crippen LogP contribution in [0.4, 0.5) is 0 Å². The smallest absolute Gasteiger partial charge is 0.253 e.